The highest BCUT2D eigenvalue weighted by atomic mass is 35.5. The van der Waals surface area contributed by atoms with E-state index in [9.17, 15) is 4.79 Å². The van der Waals surface area contributed by atoms with E-state index in [0.717, 1.165) is 32.7 Å². The Balaban J connectivity index is 1.94. The van der Waals surface area contributed by atoms with Gasteiger partial charge >= 0.3 is 5.97 Å². The van der Waals surface area contributed by atoms with Crippen LogP contribution >= 0.6 is 11.6 Å². The van der Waals surface area contributed by atoms with Gasteiger partial charge in [0.2, 0.25) is 0 Å². The lowest BCUT2D eigenvalue weighted by molar-refractivity contribution is -0.708. The fourth-order valence-electron chi connectivity index (χ4n) is 3.18. The van der Waals surface area contributed by atoms with Gasteiger partial charge in [-0.1, -0.05) is 41.9 Å². The van der Waals surface area contributed by atoms with Gasteiger partial charge in [0.25, 0.3) is 0 Å². The molecule has 0 fully saturated rings. The van der Waals surface area contributed by atoms with Crippen LogP contribution in [-0.2, 0) is 11.3 Å². The standard InChI is InChI=1S/C21H21ClN2O2/c1-13-17-9-4-5-10-18(17)24-19(20(13)21(25)26-3)12-23-14(2)15-7-6-8-16(22)11-15/h4-11,14,23H,12H2,1-3H3/p+1/t14-/m1/s1. The maximum Gasteiger partial charge on any atom is 0.340 e. The first-order valence-electron chi connectivity index (χ1n) is 8.56. The highest BCUT2D eigenvalue weighted by molar-refractivity contribution is 6.30. The first-order valence-corrected chi connectivity index (χ1v) is 8.94. The molecular formula is C21H22ClN2O2+. The molecule has 2 aromatic carbocycles. The van der Waals surface area contributed by atoms with Crippen molar-refractivity contribution in [1.82, 2.24) is 4.98 Å². The number of hydrogen-bond acceptors (Lipinski definition) is 3. The number of ether oxygens (including phenoxy) is 1. The van der Waals surface area contributed by atoms with Gasteiger partial charge in [-0.15, -0.1) is 0 Å². The normalized spacial score (nSPS) is 12.2. The van der Waals surface area contributed by atoms with Crippen molar-refractivity contribution in [2.75, 3.05) is 7.11 Å². The SMILES string of the molecule is COC(=O)c1c(C[NH2+][C@H](C)c2cccc(Cl)c2)nc2ccccc2c1C. The van der Waals surface area contributed by atoms with Crippen LogP contribution in [0.3, 0.4) is 0 Å². The van der Waals surface area contributed by atoms with Gasteiger partial charge in [-0.3, -0.25) is 0 Å². The van der Waals surface area contributed by atoms with Crippen LogP contribution in [0.4, 0.5) is 0 Å². The zero-order valence-corrected chi connectivity index (χ0v) is 15.9. The number of halogens is 1. The summed E-state index contributed by atoms with van der Waals surface area (Å²) in [6.07, 6.45) is 0. The predicted octanol–water partition coefficient (Wildman–Crippen LogP) is 3.81. The van der Waals surface area contributed by atoms with Gasteiger partial charge in [0.1, 0.15) is 18.3 Å². The summed E-state index contributed by atoms with van der Waals surface area (Å²) in [5.41, 5.74) is 4.22. The summed E-state index contributed by atoms with van der Waals surface area (Å²) in [6, 6.07) is 15.9. The number of aryl methyl sites for hydroxylation is 1. The Kier molecular flexibility index (Phi) is 5.55. The number of esters is 1. The zero-order valence-electron chi connectivity index (χ0n) is 15.1. The molecule has 134 valence electrons. The summed E-state index contributed by atoms with van der Waals surface area (Å²) in [5.74, 6) is -0.348. The van der Waals surface area contributed by atoms with Crippen LogP contribution in [0.2, 0.25) is 5.02 Å². The zero-order chi connectivity index (χ0) is 18.7. The molecule has 0 radical (unpaired) electrons. The van der Waals surface area contributed by atoms with Gasteiger partial charge in [-0.05, 0) is 37.6 Å². The highest BCUT2D eigenvalue weighted by Crippen LogP contribution is 2.23. The summed E-state index contributed by atoms with van der Waals surface area (Å²) < 4.78 is 5.00. The monoisotopic (exact) mass is 369 g/mol. The van der Waals surface area contributed by atoms with E-state index in [0.29, 0.717) is 12.1 Å². The van der Waals surface area contributed by atoms with Crippen LogP contribution in [-0.4, -0.2) is 18.1 Å². The number of nitrogens with zero attached hydrogens (tertiary/aromatic N) is 1. The van der Waals surface area contributed by atoms with Crippen LogP contribution in [0.1, 0.15) is 40.1 Å². The van der Waals surface area contributed by atoms with E-state index < -0.39 is 0 Å². The molecule has 2 N–H and O–H groups in total. The number of para-hydroxylation sites is 1. The van der Waals surface area contributed by atoms with Gasteiger partial charge in [0.15, 0.2) is 0 Å². The van der Waals surface area contributed by atoms with Crippen molar-refractivity contribution in [2.24, 2.45) is 0 Å². The summed E-state index contributed by atoms with van der Waals surface area (Å²) in [4.78, 5) is 17.1. The Bertz CT molecular complexity index is 956. The number of carbonyl (C=O) groups is 1. The number of carbonyl (C=O) groups excluding carboxylic acids is 1. The van der Waals surface area contributed by atoms with E-state index in [-0.39, 0.29) is 12.0 Å². The van der Waals surface area contributed by atoms with E-state index in [1.807, 2.05) is 55.5 Å². The van der Waals surface area contributed by atoms with Crippen LogP contribution in [0, 0.1) is 6.92 Å². The number of benzene rings is 2. The number of quaternary nitrogens is 1. The predicted molar refractivity (Wildman–Crippen MR) is 103 cm³/mol. The molecule has 3 aromatic rings. The Morgan fingerprint density at radius 2 is 2.00 bits per heavy atom. The number of pyridine rings is 1. The first-order chi connectivity index (χ1) is 12.5. The second-order valence-electron chi connectivity index (χ2n) is 6.35. The molecule has 3 rings (SSSR count). The average Bonchev–Trinajstić information content (AvgIpc) is 2.65. The fraction of sp³-hybridized carbons (Fsp3) is 0.238. The minimum Gasteiger partial charge on any atom is -0.465 e. The average molecular weight is 370 g/mol. The summed E-state index contributed by atoms with van der Waals surface area (Å²) in [7, 11) is 1.40. The number of aromatic nitrogens is 1. The smallest absolute Gasteiger partial charge is 0.340 e. The second kappa shape index (κ2) is 7.85. The molecule has 0 saturated carbocycles. The molecule has 26 heavy (non-hydrogen) atoms. The molecule has 1 heterocycles. The van der Waals surface area contributed by atoms with Gasteiger partial charge in [0.05, 0.1) is 18.2 Å². The number of methoxy groups -OCH3 is 1. The first kappa shape index (κ1) is 18.4. The van der Waals surface area contributed by atoms with E-state index in [1.54, 1.807) is 0 Å². The molecule has 0 bridgehead atoms. The van der Waals surface area contributed by atoms with Crippen LogP contribution in [0.25, 0.3) is 10.9 Å². The van der Waals surface area contributed by atoms with Crippen molar-refractivity contribution in [1.29, 1.82) is 0 Å². The third kappa shape index (κ3) is 3.71. The topological polar surface area (TPSA) is 55.8 Å². The molecule has 0 aliphatic rings. The van der Waals surface area contributed by atoms with E-state index >= 15 is 0 Å². The highest BCUT2D eigenvalue weighted by Gasteiger charge is 2.21. The molecule has 0 aliphatic carbocycles. The van der Waals surface area contributed by atoms with Gasteiger partial charge in [-0.25, -0.2) is 9.78 Å². The van der Waals surface area contributed by atoms with Crippen molar-refractivity contribution < 1.29 is 14.8 Å². The lowest BCUT2D eigenvalue weighted by Crippen LogP contribution is -2.83. The molecular weight excluding hydrogens is 348 g/mol. The molecule has 0 unspecified atom stereocenters. The summed E-state index contributed by atoms with van der Waals surface area (Å²) in [6.45, 7) is 4.63. The third-order valence-corrected chi connectivity index (χ3v) is 4.89. The third-order valence-electron chi connectivity index (χ3n) is 4.66. The maximum absolute atomic E-state index is 12.4. The van der Waals surface area contributed by atoms with Crippen molar-refractivity contribution in [2.45, 2.75) is 26.4 Å². The van der Waals surface area contributed by atoms with E-state index in [2.05, 4.69) is 12.2 Å². The summed E-state index contributed by atoms with van der Waals surface area (Å²) in [5, 5.41) is 3.84. The number of nitrogens with two attached hydrogens (primary N) is 1. The van der Waals surface area contributed by atoms with Crippen LogP contribution in [0.5, 0.6) is 0 Å². The molecule has 0 spiro atoms. The molecule has 1 aromatic heterocycles. The molecule has 1 atom stereocenters. The van der Waals surface area contributed by atoms with E-state index in [1.165, 1.54) is 7.11 Å². The van der Waals surface area contributed by atoms with E-state index in [4.69, 9.17) is 21.3 Å². The molecule has 0 amide bonds. The number of fused-ring (bicyclic) bond motifs is 1. The Hall–Kier alpha value is -2.43. The van der Waals surface area contributed by atoms with Crippen molar-refractivity contribution in [3.63, 3.8) is 0 Å². The van der Waals surface area contributed by atoms with Crippen molar-refractivity contribution in [3.05, 3.63) is 75.9 Å². The van der Waals surface area contributed by atoms with Gasteiger partial charge in [0, 0.05) is 16.0 Å². The Labute approximate surface area is 158 Å². The minimum absolute atomic E-state index is 0.188. The number of rotatable bonds is 5. The Morgan fingerprint density at radius 3 is 2.73 bits per heavy atom. The van der Waals surface area contributed by atoms with Crippen molar-refractivity contribution >= 4 is 28.5 Å². The molecule has 5 heteroatoms. The second-order valence-corrected chi connectivity index (χ2v) is 6.79. The quantitative estimate of drug-likeness (QED) is 0.696. The maximum atomic E-state index is 12.4. The fourth-order valence-corrected chi connectivity index (χ4v) is 3.37. The van der Waals surface area contributed by atoms with Crippen molar-refractivity contribution in [3.8, 4) is 0 Å². The lowest BCUT2D eigenvalue weighted by Gasteiger charge is -2.15. The molecule has 0 saturated heterocycles. The van der Waals surface area contributed by atoms with Gasteiger partial charge < -0.3 is 10.1 Å². The Morgan fingerprint density at radius 1 is 1.23 bits per heavy atom. The van der Waals surface area contributed by atoms with Crippen LogP contribution < -0.4 is 5.32 Å². The van der Waals surface area contributed by atoms with Crippen LogP contribution in [0.15, 0.2) is 48.5 Å². The minimum atomic E-state index is -0.348. The largest absolute Gasteiger partial charge is 0.465 e. The number of hydrogen-bond donors (Lipinski definition) is 1. The lowest BCUT2D eigenvalue weighted by atomic mass is 10.0. The molecule has 4 nitrogen and oxygen atoms in total. The summed E-state index contributed by atoms with van der Waals surface area (Å²) >= 11 is 6.09. The molecule has 0 aliphatic heterocycles. The van der Waals surface area contributed by atoms with Gasteiger partial charge in [-0.2, -0.15) is 0 Å².